The van der Waals surface area contributed by atoms with E-state index >= 15 is 0 Å². The standard InChI is InChI=1S/C12H13Cl2N3S/c1-7-16-9(6-18-7)5-12(17-15)10-3-2-8(13)4-11(10)14/h2-4,6,12,17H,5,15H2,1H3. The van der Waals surface area contributed by atoms with Crippen molar-refractivity contribution in [2.75, 3.05) is 0 Å². The number of halogens is 2. The Kier molecular flexibility index (Phi) is 4.59. The topological polar surface area (TPSA) is 50.9 Å². The van der Waals surface area contributed by atoms with Gasteiger partial charge in [-0.1, -0.05) is 29.3 Å². The Morgan fingerprint density at radius 2 is 2.22 bits per heavy atom. The fourth-order valence-electron chi connectivity index (χ4n) is 1.75. The second-order valence-electron chi connectivity index (χ2n) is 3.95. The monoisotopic (exact) mass is 301 g/mol. The van der Waals surface area contributed by atoms with Gasteiger partial charge in [-0.05, 0) is 24.6 Å². The van der Waals surface area contributed by atoms with Gasteiger partial charge in [0.1, 0.15) is 0 Å². The van der Waals surface area contributed by atoms with E-state index in [1.54, 1.807) is 23.5 Å². The SMILES string of the molecule is Cc1nc(CC(NN)c2ccc(Cl)cc2Cl)cs1. The summed E-state index contributed by atoms with van der Waals surface area (Å²) in [6.07, 6.45) is 0.697. The zero-order valence-corrected chi connectivity index (χ0v) is 12.1. The Balaban J connectivity index is 2.22. The van der Waals surface area contributed by atoms with Gasteiger partial charge in [-0.3, -0.25) is 11.3 Å². The van der Waals surface area contributed by atoms with Crippen molar-refractivity contribution in [3.8, 4) is 0 Å². The van der Waals surface area contributed by atoms with Crippen LogP contribution < -0.4 is 11.3 Å². The van der Waals surface area contributed by atoms with Crippen LogP contribution in [-0.4, -0.2) is 4.98 Å². The van der Waals surface area contributed by atoms with Crippen molar-refractivity contribution in [3.63, 3.8) is 0 Å². The minimum Gasteiger partial charge on any atom is -0.271 e. The Labute approximate surface area is 120 Å². The summed E-state index contributed by atoms with van der Waals surface area (Å²) in [6, 6.07) is 5.33. The number of rotatable bonds is 4. The molecule has 1 atom stereocenters. The molecule has 1 aromatic heterocycles. The average Bonchev–Trinajstić information content (AvgIpc) is 2.72. The van der Waals surface area contributed by atoms with Gasteiger partial charge >= 0.3 is 0 Å². The van der Waals surface area contributed by atoms with Crippen LogP contribution in [0.15, 0.2) is 23.6 Å². The summed E-state index contributed by atoms with van der Waals surface area (Å²) < 4.78 is 0. The van der Waals surface area contributed by atoms with Crippen molar-refractivity contribution in [2.45, 2.75) is 19.4 Å². The third-order valence-electron chi connectivity index (χ3n) is 2.62. The van der Waals surface area contributed by atoms with Crippen molar-refractivity contribution in [2.24, 2.45) is 5.84 Å². The number of hydrazine groups is 1. The first-order valence-corrected chi connectivity index (χ1v) is 7.06. The molecule has 0 radical (unpaired) electrons. The number of hydrogen-bond acceptors (Lipinski definition) is 4. The molecule has 3 N–H and O–H groups in total. The molecular weight excluding hydrogens is 289 g/mol. The van der Waals surface area contributed by atoms with E-state index in [-0.39, 0.29) is 6.04 Å². The molecule has 0 aliphatic rings. The third-order valence-corrected chi connectivity index (χ3v) is 4.00. The Bertz CT molecular complexity index is 542. The van der Waals surface area contributed by atoms with Crippen molar-refractivity contribution in [1.82, 2.24) is 10.4 Å². The summed E-state index contributed by atoms with van der Waals surface area (Å²) in [5.74, 6) is 5.60. The van der Waals surface area contributed by atoms with Crippen LogP contribution in [0.4, 0.5) is 0 Å². The molecule has 0 fully saturated rings. The van der Waals surface area contributed by atoms with Gasteiger partial charge in [0, 0.05) is 21.8 Å². The van der Waals surface area contributed by atoms with Gasteiger partial charge in [-0.15, -0.1) is 11.3 Å². The van der Waals surface area contributed by atoms with Crippen LogP contribution in [0.1, 0.15) is 22.3 Å². The van der Waals surface area contributed by atoms with Crippen LogP contribution >= 0.6 is 34.5 Å². The Hall–Kier alpha value is -0.650. The van der Waals surface area contributed by atoms with Crippen LogP contribution in [0.25, 0.3) is 0 Å². The second-order valence-corrected chi connectivity index (χ2v) is 5.85. The lowest BCUT2D eigenvalue weighted by molar-refractivity contribution is 0.547. The molecule has 3 nitrogen and oxygen atoms in total. The maximum absolute atomic E-state index is 6.18. The first-order chi connectivity index (χ1) is 8.60. The lowest BCUT2D eigenvalue weighted by atomic mass is 10.0. The van der Waals surface area contributed by atoms with Crippen LogP contribution in [0.2, 0.25) is 10.0 Å². The Morgan fingerprint density at radius 1 is 1.44 bits per heavy atom. The zero-order chi connectivity index (χ0) is 13.1. The number of hydrogen-bond donors (Lipinski definition) is 2. The predicted molar refractivity (Wildman–Crippen MR) is 77.1 cm³/mol. The van der Waals surface area contributed by atoms with Gasteiger partial charge in [0.2, 0.25) is 0 Å². The summed E-state index contributed by atoms with van der Waals surface area (Å²) >= 11 is 13.7. The first kappa shape index (κ1) is 13.8. The van der Waals surface area contributed by atoms with Crippen molar-refractivity contribution < 1.29 is 0 Å². The summed E-state index contributed by atoms with van der Waals surface area (Å²) in [4.78, 5) is 4.42. The molecule has 1 heterocycles. The minimum absolute atomic E-state index is 0.0729. The molecule has 0 saturated heterocycles. The summed E-state index contributed by atoms with van der Waals surface area (Å²) in [5, 5.41) is 4.30. The van der Waals surface area contributed by atoms with Crippen molar-refractivity contribution in [3.05, 3.63) is 49.9 Å². The number of thiazole rings is 1. The van der Waals surface area contributed by atoms with Crippen LogP contribution in [0.3, 0.4) is 0 Å². The lowest BCUT2D eigenvalue weighted by Gasteiger charge is -2.16. The molecule has 6 heteroatoms. The van der Waals surface area contributed by atoms with E-state index in [9.17, 15) is 0 Å². The highest BCUT2D eigenvalue weighted by molar-refractivity contribution is 7.09. The first-order valence-electron chi connectivity index (χ1n) is 5.42. The maximum atomic E-state index is 6.18. The van der Waals surface area contributed by atoms with Gasteiger partial charge in [-0.25, -0.2) is 4.98 Å². The number of aryl methyl sites for hydroxylation is 1. The summed E-state index contributed by atoms with van der Waals surface area (Å²) in [7, 11) is 0. The van der Waals surface area contributed by atoms with Crippen molar-refractivity contribution >= 4 is 34.5 Å². The zero-order valence-electron chi connectivity index (χ0n) is 9.78. The van der Waals surface area contributed by atoms with E-state index in [0.717, 1.165) is 16.3 Å². The van der Waals surface area contributed by atoms with Crippen LogP contribution in [0, 0.1) is 6.92 Å². The highest BCUT2D eigenvalue weighted by Gasteiger charge is 2.15. The lowest BCUT2D eigenvalue weighted by Crippen LogP contribution is -2.29. The number of nitrogens with zero attached hydrogens (tertiary/aromatic N) is 1. The largest absolute Gasteiger partial charge is 0.271 e. The fraction of sp³-hybridized carbons (Fsp3) is 0.250. The average molecular weight is 302 g/mol. The third kappa shape index (κ3) is 3.22. The molecule has 0 saturated carbocycles. The number of nitrogens with two attached hydrogens (primary N) is 1. The molecule has 0 bridgehead atoms. The molecule has 0 spiro atoms. The molecule has 0 aliphatic heterocycles. The van der Waals surface area contributed by atoms with Crippen LogP contribution in [-0.2, 0) is 6.42 Å². The fourth-order valence-corrected chi connectivity index (χ4v) is 2.92. The normalized spacial score (nSPS) is 12.7. The van der Waals surface area contributed by atoms with Crippen molar-refractivity contribution in [1.29, 1.82) is 0 Å². The van der Waals surface area contributed by atoms with Gasteiger partial charge in [0.25, 0.3) is 0 Å². The minimum atomic E-state index is -0.0729. The molecule has 0 amide bonds. The molecule has 96 valence electrons. The molecule has 2 aromatic rings. The highest BCUT2D eigenvalue weighted by atomic mass is 35.5. The predicted octanol–water partition coefficient (Wildman–Crippen LogP) is 3.51. The maximum Gasteiger partial charge on any atom is 0.0897 e. The molecule has 18 heavy (non-hydrogen) atoms. The summed E-state index contributed by atoms with van der Waals surface area (Å²) in [5.41, 5.74) is 4.70. The van der Waals surface area contributed by atoms with E-state index in [1.807, 2.05) is 18.4 Å². The second kappa shape index (κ2) is 5.99. The quantitative estimate of drug-likeness (QED) is 0.671. The number of benzene rings is 1. The van der Waals surface area contributed by atoms with Crippen LogP contribution in [0.5, 0.6) is 0 Å². The van der Waals surface area contributed by atoms with Gasteiger partial charge in [0.15, 0.2) is 0 Å². The molecule has 1 aromatic carbocycles. The molecular formula is C12H13Cl2N3S. The number of nitrogens with one attached hydrogen (secondary N) is 1. The van der Waals surface area contributed by atoms with E-state index in [0.29, 0.717) is 16.5 Å². The smallest absolute Gasteiger partial charge is 0.0897 e. The van der Waals surface area contributed by atoms with Gasteiger partial charge < -0.3 is 0 Å². The van der Waals surface area contributed by atoms with E-state index in [4.69, 9.17) is 29.0 Å². The highest BCUT2D eigenvalue weighted by Crippen LogP contribution is 2.28. The van der Waals surface area contributed by atoms with E-state index in [1.165, 1.54) is 0 Å². The molecule has 1 unspecified atom stereocenters. The van der Waals surface area contributed by atoms with Gasteiger partial charge in [-0.2, -0.15) is 0 Å². The molecule has 2 rings (SSSR count). The Morgan fingerprint density at radius 3 is 2.78 bits per heavy atom. The molecule has 0 aliphatic carbocycles. The summed E-state index contributed by atoms with van der Waals surface area (Å²) in [6.45, 7) is 1.98. The van der Waals surface area contributed by atoms with E-state index < -0.39 is 0 Å². The number of aromatic nitrogens is 1. The van der Waals surface area contributed by atoms with Gasteiger partial charge in [0.05, 0.1) is 16.7 Å². The van der Waals surface area contributed by atoms with E-state index in [2.05, 4.69) is 10.4 Å².